The zero-order valence-electron chi connectivity index (χ0n) is 11.1. The first-order chi connectivity index (χ1) is 8.26. The predicted molar refractivity (Wildman–Crippen MR) is 71.8 cm³/mol. The average molecular weight is 234 g/mol. The fourth-order valence-electron chi connectivity index (χ4n) is 2.28. The SMILES string of the molecule is CCNc1nc(CC)nc(N2CCCC2)c1C. The number of hydrogen-bond donors (Lipinski definition) is 1. The molecule has 0 bridgehead atoms. The summed E-state index contributed by atoms with van der Waals surface area (Å²) in [6.45, 7) is 9.49. The highest BCUT2D eigenvalue weighted by Crippen LogP contribution is 2.26. The van der Waals surface area contributed by atoms with Crippen molar-refractivity contribution < 1.29 is 0 Å². The Morgan fingerprint density at radius 1 is 1.18 bits per heavy atom. The highest BCUT2D eigenvalue weighted by Gasteiger charge is 2.18. The summed E-state index contributed by atoms with van der Waals surface area (Å²) in [5.74, 6) is 3.07. The van der Waals surface area contributed by atoms with E-state index in [4.69, 9.17) is 4.98 Å². The second-order valence-corrected chi connectivity index (χ2v) is 4.52. The molecule has 2 rings (SSSR count). The van der Waals surface area contributed by atoms with Gasteiger partial charge in [-0.3, -0.25) is 0 Å². The van der Waals surface area contributed by atoms with Crippen LogP contribution in [0.15, 0.2) is 0 Å². The lowest BCUT2D eigenvalue weighted by Gasteiger charge is -2.21. The molecule has 0 radical (unpaired) electrons. The zero-order valence-corrected chi connectivity index (χ0v) is 11.1. The fourth-order valence-corrected chi connectivity index (χ4v) is 2.28. The molecule has 1 aromatic heterocycles. The summed E-state index contributed by atoms with van der Waals surface area (Å²) >= 11 is 0. The van der Waals surface area contributed by atoms with Gasteiger partial charge in [-0.05, 0) is 26.7 Å². The standard InChI is InChI=1S/C13H22N4/c1-4-11-15-12(14-5-2)10(3)13(16-11)17-8-6-7-9-17/h4-9H2,1-3H3,(H,14,15,16). The third-order valence-corrected chi connectivity index (χ3v) is 3.23. The maximum Gasteiger partial charge on any atom is 0.137 e. The maximum absolute atomic E-state index is 4.69. The van der Waals surface area contributed by atoms with Crippen LogP contribution < -0.4 is 10.2 Å². The topological polar surface area (TPSA) is 41.1 Å². The molecule has 1 saturated heterocycles. The lowest BCUT2D eigenvalue weighted by atomic mass is 10.2. The Kier molecular flexibility index (Phi) is 3.82. The third kappa shape index (κ3) is 2.51. The molecule has 0 aromatic carbocycles. The van der Waals surface area contributed by atoms with Crippen LogP contribution in [0.25, 0.3) is 0 Å². The summed E-state index contributed by atoms with van der Waals surface area (Å²) in [4.78, 5) is 11.6. The van der Waals surface area contributed by atoms with Crippen molar-refractivity contribution >= 4 is 11.6 Å². The van der Waals surface area contributed by atoms with Crippen LogP contribution in [0.5, 0.6) is 0 Å². The summed E-state index contributed by atoms with van der Waals surface area (Å²) in [6, 6.07) is 0. The second-order valence-electron chi connectivity index (χ2n) is 4.52. The van der Waals surface area contributed by atoms with Crippen LogP contribution in [0.4, 0.5) is 11.6 Å². The van der Waals surface area contributed by atoms with E-state index in [1.165, 1.54) is 18.4 Å². The Balaban J connectivity index is 2.37. The summed E-state index contributed by atoms with van der Waals surface area (Å²) in [6.07, 6.45) is 3.45. The molecule has 4 nitrogen and oxygen atoms in total. The van der Waals surface area contributed by atoms with Crippen LogP contribution in [-0.2, 0) is 6.42 Å². The quantitative estimate of drug-likeness (QED) is 0.868. The summed E-state index contributed by atoms with van der Waals surface area (Å²) in [5.41, 5.74) is 1.19. The van der Waals surface area contributed by atoms with Gasteiger partial charge in [0.05, 0.1) is 0 Å². The summed E-state index contributed by atoms with van der Waals surface area (Å²) in [5, 5.41) is 3.34. The van der Waals surface area contributed by atoms with Gasteiger partial charge < -0.3 is 10.2 Å². The van der Waals surface area contributed by atoms with E-state index >= 15 is 0 Å². The van der Waals surface area contributed by atoms with Gasteiger partial charge in [-0.1, -0.05) is 6.92 Å². The van der Waals surface area contributed by atoms with Crippen LogP contribution in [0, 0.1) is 6.92 Å². The number of nitrogens with one attached hydrogen (secondary N) is 1. The molecular formula is C13H22N4. The molecule has 17 heavy (non-hydrogen) atoms. The number of aryl methyl sites for hydroxylation is 1. The molecule has 1 N–H and O–H groups in total. The van der Waals surface area contributed by atoms with Gasteiger partial charge in [0.15, 0.2) is 0 Å². The molecule has 2 heterocycles. The highest BCUT2D eigenvalue weighted by molar-refractivity contribution is 5.59. The Morgan fingerprint density at radius 2 is 1.88 bits per heavy atom. The van der Waals surface area contributed by atoms with Gasteiger partial charge in [0.1, 0.15) is 17.5 Å². The lowest BCUT2D eigenvalue weighted by molar-refractivity contribution is 0.867. The molecular weight excluding hydrogens is 212 g/mol. The van der Waals surface area contributed by atoms with E-state index in [-0.39, 0.29) is 0 Å². The molecule has 1 aliphatic heterocycles. The lowest BCUT2D eigenvalue weighted by Crippen LogP contribution is -2.22. The van der Waals surface area contributed by atoms with E-state index in [0.29, 0.717) is 0 Å². The van der Waals surface area contributed by atoms with Gasteiger partial charge in [0.2, 0.25) is 0 Å². The molecule has 1 fully saturated rings. The van der Waals surface area contributed by atoms with Crippen LogP contribution in [0.2, 0.25) is 0 Å². The molecule has 4 heteroatoms. The van der Waals surface area contributed by atoms with Crippen molar-refractivity contribution in [3.63, 3.8) is 0 Å². The van der Waals surface area contributed by atoms with Crippen molar-refractivity contribution in [2.45, 2.75) is 40.0 Å². The van der Waals surface area contributed by atoms with Crippen LogP contribution in [0.1, 0.15) is 38.1 Å². The van der Waals surface area contributed by atoms with Gasteiger partial charge in [0, 0.05) is 31.6 Å². The van der Waals surface area contributed by atoms with E-state index in [0.717, 1.165) is 43.5 Å². The summed E-state index contributed by atoms with van der Waals surface area (Å²) in [7, 11) is 0. The largest absolute Gasteiger partial charge is 0.370 e. The average Bonchev–Trinajstić information content (AvgIpc) is 2.85. The minimum absolute atomic E-state index is 0.888. The third-order valence-electron chi connectivity index (χ3n) is 3.23. The number of nitrogens with zero attached hydrogens (tertiary/aromatic N) is 3. The smallest absolute Gasteiger partial charge is 0.137 e. The van der Waals surface area contributed by atoms with Crippen molar-refractivity contribution in [1.82, 2.24) is 9.97 Å². The molecule has 0 amide bonds. The molecule has 0 aliphatic carbocycles. The Bertz CT molecular complexity index is 383. The van der Waals surface area contributed by atoms with Crippen LogP contribution in [-0.4, -0.2) is 29.6 Å². The Morgan fingerprint density at radius 3 is 2.47 bits per heavy atom. The minimum atomic E-state index is 0.888. The van der Waals surface area contributed by atoms with Gasteiger partial charge in [-0.25, -0.2) is 9.97 Å². The molecule has 1 aliphatic rings. The number of aromatic nitrogens is 2. The van der Waals surface area contributed by atoms with E-state index in [9.17, 15) is 0 Å². The first-order valence-corrected chi connectivity index (χ1v) is 6.62. The van der Waals surface area contributed by atoms with Gasteiger partial charge >= 0.3 is 0 Å². The molecule has 94 valence electrons. The first kappa shape index (κ1) is 12.1. The second kappa shape index (κ2) is 5.34. The molecule has 0 atom stereocenters. The van der Waals surface area contributed by atoms with Crippen molar-refractivity contribution in [2.24, 2.45) is 0 Å². The van der Waals surface area contributed by atoms with E-state index in [2.05, 4.69) is 36.0 Å². The van der Waals surface area contributed by atoms with Crippen molar-refractivity contribution in [1.29, 1.82) is 0 Å². The maximum atomic E-state index is 4.69. The highest BCUT2D eigenvalue weighted by atomic mass is 15.2. The molecule has 0 spiro atoms. The number of anilines is 2. The van der Waals surface area contributed by atoms with Gasteiger partial charge in [-0.15, -0.1) is 0 Å². The number of rotatable bonds is 4. The Labute approximate surface area is 103 Å². The normalized spacial score (nSPS) is 15.4. The van der Waals surface area contributed by atoms with E-state index < -0.39 is 0 Å². The van der Waals surface area contributed by atoms with E-state index in [1.54, 1.807) is 0 Å². The number of hydrogen-bond acceptors (Lipinski definition) is 4. The Hall–Kier alpha value is -1.32. The minimum Gasteiger partial charge on any atom is -0.370 e. The first-order valence-electron chi connectivity index (χ1n) is 6.62. The van der Waals surface area contributed by atoms with Gasteiger partial charge in [0.25, 0.3) is 0 Å². The monoisotopic (exact) mass is 234 g/mol. The van der Waals surface area contributed by atoms with Crippen LogP contribution in [0.3, 0.4) is 0 Å². The van der Waals surface area contributed by atoms with Crippen molar-refractivity contribution in [2.75, 3.05) is 29.9 Å². The van der Waals surface area contributed by atoms with Crippen LogP contribution >= 0.6 is 0 Å². The van der Waals surface area contributed by atoms with Crippen molar-refractivity contribution in [3.8, 4) is 0 Å². The van der Waals surface area contributed by atoms with Gasteiger partial charge in [-0.2, -0.15) is 0 Å². The fraction of sp³-hybridized carbons (Fsp3) is 0.692. The van der Waals surface area contributed by atoms with Crippen molar-refractivity contribution in [3.05, 3.63) is 11.4 Å². The van der Waals surface area contributed by atoms with E-state index in [1.807, 2.05) is 0 Å². The predicted octanol–water partition coefficient (Wildman–Crippen LogP) is 2.38. The summed E-state index contributed by atoms with van der Waals surface area (Å²) < 4.78 is 0. The zero-order chi connectivity index (χ0) is 12.3. The molecule has 0 saturated carbocycles. The molecule has 1 aromatic rings. The molecule has 0 unspecified atom stereocenters.